The number of nitrogens with zero attached hydrogens (tertiary/aromatic N) is 1. The van der Waals surface area contributed by atoms with Crippen molar-refractivity contribution >= 4 is 17.8 Å². The molecule has 1 atom stereocenters. The van der Waals surface area contributed by atoms with Gasteiger partial charge in [-0.2, -0.15) is 0 Å². The van der Waals surface area contributed by atoms with Gasteiger partial charge in [0.1, 0.15) is 6.04 Å². The molecule has 5 heteroatoms. The second kappa shape index (κ2) is 5.31. The molecule has 1 heterocycles. The van der Waals surface area contributed by atoms with Crippen LogP contribution in [0.2, 0.25) is 0 Å². The van der Waals surface area contributed by atoms with Gasteiger partial charge in [0.05, 0.1) is 5.41 Å². The molecule has 5 nitrogen and oxygen atoms in total. The fraction of sp³-hybridized carbons (Fsp3) is 0.786. The number of unbranched alkanes of at least 4 members (excludes halogenated alkanes) is 1. The Kier molecular flexibility index (Phi) is 3.92. The van der Waals surface area contributed by atoms with Crippen molar-refractivity contribution in [2.24, 2.45) is 5.41 Å². The minimum Gasteiger partial charge on any atom is -0.480 e. The fourth-order valence-corrected chi connectivity index (χ4v) is 3.34. The number of carboxylic acid groups (broad SMARTS) is 1. The van der Waals surface area contributed by atoms with Crippen LogP contribution in [0.1, 0.15) is 58.3 Å². The molecule has 1 N–H and O–H groups in total. The summed E-state index contributed by atoms with van der Waals surface area (Å²) in [5.41, 5.74) is -0.572. The number of amides is 2. The molecule has 0 radical (unpaired) electrons. The SMILES string of the molecule is CCCCC(C(=O)O)N1C(=O)CC2(CCCC2)C1=O. The second-order valence-corrected chi connectivity index (χ2v) is 5.73. The first-order valence-corrected chi connectivity index (χ1v) is 7.11. The first-order chi connectivity index (χ1) is 9.02. The van der Waals surface area contributed by atoms with Gasteiger partial charge in [0.2, 0.25) is 11.8 Å². The topological polar surface area (TPSA) is 74.7 Å². The summed E-state index contributed by atoms with van der Waals surface area (Å²) >= 11 is 0. The van der Waals surface area contributed by atoms with E-state index >= 15 is 0 Å². The highest BCUT2D eigenvalue weighted by Crippen LogP contribution is 2.47. The highest BCUT2D eigenvalue weighted by Gasteiger charge is 2.55. The number of rotatable bonds is 5. The quantitative estimate of drug-likeness (QED) is 0.772. The summed E-state index contributed by atoms with van der Waals surface area (Å²) < 4.78 is 0. The maximum absolute atomic E-state index is 12.5. The van der Waals surface area contributed by atoms with E-state index in [9.17, 15) is 19.5 Å². The molecular formula is C14H21NO4. The highest BCUT2D eigenvalue weighted by atomic mass is 16.4. The van der Waals surface area contributed by atoms with Gasteiger partial charge in [0.25, 0.3) is 0 Å². The number of likely N-dealkylation sites (tertiary alicyclic amines) is 1. The number of carbonyl (C=O) groups is 3. The largest absolute Gasteiger partial charge is 0.480 e. The van der Waals surface area contributed by atoms with Crippen molar-refractivity contribution in [2.75, 3.05) is 0 Å². The van der Waals surface area contributed by atoms with Gasteiger partial charge in [0.15, 0.2) is 0 Å². The molecule has 0 aromatic carbocycles. The van der Waals surface area contributed by atoms with Gasteiger partial charge in [-0.05, 0) is 19.3 Å². The Balaban J connectivity index is 2.20. The first-order valence-electron chi connectivity index (χ1n) is 7.11. The van der Waals surface area contributed by atoms with Gasteiger partial charge in [-0.1, -0.05) is 32.6 Å². The molecule has 0 bridgehead atoms. The summed E-state index contributed by atoms with van der Waals surface area (Å²) in [5.74, 6) is -1.60. The lowest BCUT2D eigenvalue weighted by molar-refractivity contribution is -0.156. The third-order valence-electron chi connectivity index (χ3n) is 4.42. The number of hydrogen-bond acceptors (Lipinski definition) is 3. The van der Waals surface area contributed by atoms with Crippen molar-refractivity contribution in [3.63, 3.8) is 0 Å². The Morgan fingerprint density at radius 2 is 2.00 bits per heavy atom. The van der Waals surface area contributed by atoms with Gasteiger partial charge < -0.3 is 5.11 Å². The van der Waals surface area contributed by atoms with Gasteiger partial charge in [0, 0.05) is 6.42 Å². The molecule has 0 aromatic rings. The standard InChI is InChI=1S/C14H21NO4/c1-2-3-6-10(12(17)18)15-11(16)9-14(13(15)19)7-4-5-8-14/h10H,2-9H2,1H3,(H,17,18). The second-order valence-electron chi connectivity index (χ2n) is 5.73. The van der Waals surface area contributed by atoms with Crippen LogP contribution in [0.4, 0.5) is 0 Å². The molecule has 2 aliphatic rings. The van der Waals surface area contributed by atoms with E-state index in [2.05, 4.69) is 0 Å². The molecule has 2 amide bonds. The van der Waals surface area contributed by atoms with Crippen LogP contribution >= 0.6 is 0 Å². The lowest BCUT2D eigenvalue weighted by atomic mass is 9.84. The zero-order chi connectivity index (χ0) is 14.0. The van der Waals surface area contributed by atoms with Gasteiger partial charge >= 0.3 is 5.97 Å². The lowest BCUT2D eigenvalue weighted by Gasteiger charge is -2.25. The molecule has 1 aliphatic heterocycles. The Hall–Kier alpha value is -1.39. The highest BCUT2D eigenvalue weighted by molar-refractivity contribution is 6.08. The minimum atomic E-state index is -1.06. The van der Waals surface area contributed by atoms with E-state index in [-0.39, 0.29) is 18.2 Å². The normalized spacial score (nSPS) is 23.3. The number of aliphatic carboxylic acids is 1. The number of imide groups is 1. The number of carboxylic acids is 1. The Morgan fingerprint density at radius 1 is 1.37 bits per heavy atom. The van der Waals surface area contributed by atoms with Crippen LogP contribution in [0.5, 0.6) is 0 Å². The molecule has 19 heavy (non-hydrogen) atoms. The summed E-state index contributed by atoms with van der Waals surface area (Å²) in [5, 5.41) is 9.28. The van der Waals surface area contributed by atoms with Crippen molar-refractivity contribution in [2.45, 2.75) is 64.3 Å². The summed E-state index contributed by atoms with van der Waals surface area (Å²) in [7, 11) is 0. The average molecular weight is 267 g/mol. The van der Waals surface area contributed by atoms with Crippen molar-refractivity contribution in [3.8, 4) is 0 Å². The third kappa shape index (κ3) is 2.38. The van der Waals surface area contributed by atoms with E-state index in [4.69, 9.17) is 0 Å². The average Bonchev–Trinajstić information content (AvgIpc) is 2.90. The molecule has 1 unspecified atom stereocenters. The molecule has 0 aromatic heterocycles. The number of hydrogen-bond donors (Lipinski definition) is 1. The third-order valence-corrected chi connectivity index (χ3v) is 4.42. The molecule has 1 saturated heterocycles. The van der Waals surface area contributed by atoms with Gasteiger partial charge in [-0.15, -0.1) is 0 Å². The maximum atomic E-state index is 12.5. The fourth-order valence-electron chi connectivity index (χ4n) is 3.34. The van der Waals surface area contributed by atoms with Crippen LogP contribution < -0.4 is 0 Å². The molecule has 2 fully saturated rings. The molecule has 2 rings (SSSR count). The monoisotopic (exact) mass is 267 g/mol. The summed E-state index contributed by atoms with van der Waals surface area (Å²) in [6.45, 7) is 1.96. The van der Waals surface area contributed by atoms with Crippen molar-refractivity contribution in [1.29, 1.82) is 0 Å². The van der Waals surface area contributed by atoms with Crippen LogP contribution in [-0.4, -0.2) is 33.8 Å². The van der Waals surface area contributed by atoms with E-state index in [1.807, 2.05) is 6.92 Å². The summed E-state index contributed by atoms with van der Waals surface area (Å²) in [6, 6.07) is -0.972. The first kappa shape index (κ1) is 14.0. The van der Waals surface area contributed by atoms with E-state index in [0.29, 0.717) is 12.8 Å². The molecule has 1 aliphatic carbocycles. The maximum Gasteiger partial charge on any atom is 0.326 e. The van der Waals surface area contributed by atoms with E-state index in [1.54, 1.807) is 0 Å². The smallest absolute Gasteiger partial charge is 0.326 e. The molecule has 106 valence electrons. The Morgan fingerprint density at radius 3 is 2.53 bits per heavy atom. The van der Waals surface area contributed by atoms with Crippen LogP contribution in [0.25, 0.3) is 0 Å². The zero-order valence-corrected chi connectivity index (χ0v) is 11.4. The lowest BCUT2D eigenvalue weighted by Crippen LogP contribution is -2.46. The van der Waals surface area contributed by atoms with E-state index in [1.165, 1.54) is 0 Å². The van der Waals surface area contributed by atoms with Crippen molar-refractivity contribution in [3.05, 3.63) is 0 Å². The summed E-state index contributed by atoms with van der Waals surface area (Å²) in [4.78, 5) is 37.0. The van der Waals surface area contributed by atoms with Crippen LogP contribution in [-0.2, 0) is 14.4 Å². The van der Waals surface area contributed by atoms with Crippen molar-refractivity contribution in [1.82, 2.24) is 4.90 Å². The predicted molar refractivity (Wildman–Crippen MR) is 68.3 cm³/mol. The minimum absolute atomic E-state index is 0.210. The van der Waals surface area contributed by atoms with Gasteiger partial charge in [-0.3, -0.25) is 14.5 Å². The van der Waals surface area contributed by atoms with E-state index in [0.717, 1.165) is 37.0 Å². The molecule has 1 spiro atoms. The Labute approximate surface area is 113 Å². The van der Waals surface area contributed by atoms with E-state index < -0.39 is 17.4 Å². The number of carbonyl (C=O) groups excluding carboxylic acids is 2. The predicted octanol–water partition coefficient (Wildman–Crippen LogP) is 1.95. The molecule has 1 saturated carbocycles. The van der Waals surface area contributed by atoms with Crippen LogP contribution in [0.15, 0.2) is 0 Å². The van der Waals surface area contributed by atoms with Crippen LogP contribution in [0.3, 0.4) is 0 Å². The summed E-state index contributed by atoms with van der Waals surface area (Å²) in [6.07, 6.45) is 5.51. The van der Waals surface area contributed by atoms with Crippen LogP contribution in [0, 0.1) is 5.41 Å². The zero-order valence-electron chi connectivity index (χ0n) is 11.4. The van der Waals surface area contributed by atoms with Crippen molar-refractivity contribution < 1.29 is 19.5 Å². The Bertz CT molecular complexity index is 398. The molecular weight excluding hydrogens is 246 g/mol. The van der Waals surface area contributed by atoms with Gasteiger partial charge in [-0.25, -0.2) is 4.79 Å².